The van der Waals surface area contributed by atoms with Gasteiger partial charge in [0.15, 0.2) is 11.0 Å². The quantitative estimate of drug-likeness (QED) is 0.193. The van der Waals surface area contributed by atoms with Gasteiger partial charge in [0.2, 0.25) is 5.76 Å². The fraction of sp³-hybridized carbons (Fsp3) is 0.115. The zero-order valence-electron chi connectivity index (χ0n) is 18.6. The normalized spacial score (nSPS) is 11.2. The summed E-state index contributed by atoms with van der Waals surface area (Å²) >= 11 is 1.25. The predicted molar refractivity (Wildman–Crippen MR) is 128 cm³/mol. The molecule has 0 fully saturated rings. The van der Waals surface area contributed by atoms with Crippen LogP contribution in [-0.4, -0.2) is 27.3 Å². The number of ether oxygens (including phenoxy) is 1. The maximum Gasteiger partial charge on any atom is 0.374 e. The summed E-state index contributed by atoms with van der Waals surface area (Å²) in [5, 5.41) is 9.72. The van der Waals surface area contributed by atoms with Crippen LogP contribution in [0, 0.1) is 11.6 Å². The number of carbonyl (C=O) groups excluding carboxylic acids is 1. The molecule has 9 heteroatoms. The van der Waals surface area contributed by atoms with Crippen LogP contribution in [0.1, 0.15) is 23.0 Å². The second kappa shape index (κ2) is 9.71. The van der Waals surface area contributed by atoms with E-state index in [0.29, 0.717) is 22.1 Å². The average Bonchev–Trinajstić information content (AvgIpc) is 3.45. The second-order valence-electron chi connectivity index (χ2n) is 7.52. The van der Waals surface area contributed by atoms with Crippen LogP contribution < -0.4 is 0 Å². The summed E-state index contributed by atoms with van der Waals surface area (Å²) in [5.41, 5.74) is 2.03. The van der Waals surface area contributed by atoms with Crippen LogP contribution >= 0.6 is 11.8 Å². The summed E-state index contributed by atoms with van der Waals surface area (Å²) in [4.78, 5) is 12.6. The van der Waals surface area contributed by atoms with Crippen molar-refractivity contribution in [3.8, 4) is 17.1 Å². The van der Waals surface area contributed by atoms with Crippen molar-refractivity contribution in [3.05, 3.63) is 95.8 Å². The summed E-state index contributed by atoms with van der Waals surface area (Å²) in [6.45, 7) is 1.93. The van der Waals surface area contributed by atoms with Gasteiger partial charge in [0.25, 0.3) is 0 Å². The van der Waals surface area contributed by atoms with Crippen molar-refractivity contribution >= 4 is 28.7 Å². The van der Waals surface area contributed by atoms with Crippen molar-refractivity contribution in [2.45, 2.75) is 17.8 Å². The fourth-order valence-corrected chi connectivity index (χ4v) is 4.73. The summed E-state index contributed by atoms with van der Waals surface area (Å²) in [6, 6.07) is 19.9. The number of hydrogen-bond acceptors (Lipinski definition) is 6. The lowest BCUT2D eigenvalue weighted by molar-refractivity contribution is 0.0491. The van der Waals surface area contributed by atoms with E-state index in [2.05, 4.69) is 10.2 Å². The highest BCUT2D eigenvalue weighted by molar-refractivity contribution is 7.98. The highest BCUT2D eigenvalue weighted by Gasteiger charge is 2.24. The third kappa shape index (κ3) is 4.42. The van der Waals surface area contributed by atoms with Crippen LogP contribution in [0.2, 0.25) is 0 Å². The Bertz CT molecular complexity index is 1520. The maximum absolute atomic E-state index is 14.9. The molecule has 0 aliphatic rings. The van der Waals surface area contributed by atoms with Crippen LogP contribution in [0.25, 0.3) is 28.0 Å². The lowest BCUT2D eigenvalue weighted by Crippen LogP contribution is -2.06. The number of nitrogens with zero attached hydrogens (tertiary/aromatic N) is 3. The number of furan rings is 1. The van der Waals surface area contributed by atoms with Gasteiger partial charge in [0.05, 0.1) is 12.3 Å². The molecule has 176 valence electrons. The largest absolute Gasteiger partial charge is 0.460 e. The van der Waals surface area contributed by atoms with Crippen molar-refractivity contribution in [1.82, 2.24) is 14.8 Å². The Morgan fingerprint density at radius 2 is 1.80 bits per heavy atom. The number of thioether (sulfide) groups is 1. The predicted octanol–water partition coefficient (Wildman–Crippen LogP) is 6.43. The molecule has 0 bridgehead atoms. The molecule has 0 saturated heterocycles. The number of aromatic nitrogens is 3. The van der Waals surface area contributed by atoms with Crippen LogP contribution in [0.4, 0.5) is 8.78 Å². The van der Waals surface area contributed by atoms with Crippen LogP contribution in [0.5, 0.6) is 0 Å². The SMILES string of the molecule is CCOC(=O)c1oc2ccccc2c1CSc1nnc(-c2ccccc2)n1-c1ccc(F)cc1F. The molecule has 0 atom stereocenters. The van der Waals surface area contributed by atoms with E-state index in [1.54, 1.807) is 17.6 Å². The lowest BCUT2D eigenvalue weighted by atomic mass is 10.1. The molecular formula is C26H19F2N3O3S. The van der Waals surface area contributed by atoms with Crippen molar-refractivity contribution in [3.63, 3.8) is 0 Å². The molecule has 0 saturated carbocycles. The molecular weight excluding hydrogens is 472 g/mol. The Labute approximate surface area is 203 Å². The molecule has 6 nitrogen and oxygen atoms in total. The lowest BCUT2D eigenvalue weighted by Gasteiger charge is -2.11. The third-order valence-corrected chi connectivity index (χ3v) is 6.28. The van der Waals surface area contributed by atoms with Gasteiger partial charge in [-0.15, -0.1) is 10.2 Å². The monoisotopic (exact) mass is 491 g/mol. The van der Waals surface area contributed by atoms with Crippen LogP contribution in [-0.2, 0) is 10.5 Å². The first-order chi connectivity index (χ1) is 17.1. The third-order valence-electron chi connectivity index (χ3n) is 5.32. The van der Waals surface area contributed by atoms with Gasteiger partial charge in [0, 0.05) is 28.3 Å². The van der Waals surface area contributed by atoms with Gasteiger partial charge in [-0.3, -0.25) is 4.57 Å². The molecule has 0 radical (unpaired) electrons. The smallest absolute Gasteiger partial charge is 0.374 e. The van der Waals surface area contributed by atoms with Gasteiger partial charge in [-0.25, -0.2) is 13.6 Å². The number of fused-ring (bicyclic) bond motifs is 1. The molecule has 0 amide bonds. The van der Waals surface area contributed by atoms with Crippen molar-refractivity contribution in [1.29, 1.82) is 0 Å². The highest BCUT2D eigenvalue weighted by atomic mass is 32.2. The number of hydrogen-bond donors (Lipinski definition) is 0. The minimum absolute atomic E-state index is 0.112. The van der Waals surface area contributed by atoms with E-state index in [9.17, 15) is 13.6 Å². The molecule has 5 aromatic rings. The van der Waals surface area contributed by atoms with Gasteiger partial charge in [0.1, 0.15) is 17.2 Å². The molecule has 0 aliphatic heterocycles. The number of carbonyl (C=O) groups is 1. The molecule has 0 spiro atoms. The van der Waals surface area contributed by atoms with E-state index in [1.807, 2.05) is 48.5 Å². The Morgan fingerprint density at radius 3 is 2.57 bits per heavy atom. The minimum Gasteiger partial charge on any atom is -0.460 e. The van der Waals surface area contributed by atoms with Gasteiger partial charge in [-0.05, 0) is 25.1 Å². The van der Waals surface area contributed by atoms with Crippen molar-refractivity contribution in [2.75, 3.05) is 6.61 Å². The number of rotatable bonds is 7. The molecule has 0 aliphatic carbocycles. The standard InChI is InChI=1S/C26H19F2N3O3S/c1-2-33-25(32)23-19(18-10-6-7-11-22(18)34-23)15-35-26-30-29-24(16-8-4-3-5-9-16)31(26)21-13-12-17(27)14-20(21)28/h3-14H,2,15H2,1H3. The van der Waals surface area contributed by atoms with Crippen molar-refractivity contribution in [2.24, 2.45) is 0 Å². The average molecular weight is 492 g/mol. The Kier molecular flexibility index (Phi) is 6.33. The first-order valence-electron chi connectivity index (χ1n) is 10.8. The summed E-state index contributed by atoms with van der Waals surface area (Å²) < 4.78 is 41.0. The van der Waals surface area contributed by atoms with Gasteiger partial charge in [-0.1, -0.05) is 60.3 Å². The molecule has 2 aromatic heterocycles. The number of esters is 1. The molecule has 0 unspecified atom stereocenters. The Morgan fingerprint density at radius 1 is 1.03 bits per heavy atom. The number of halogens is 2. The molecule has 2 heterocycles. The van der Waals surface area contributed by atoms with Crippen LogP contribution in [0.3, 0.4) is 0 Å². The summed E-state index contributed by atoms with van der Waals surface area (Å²) in [6.07, 6.45) is 0. The molecule has 35 heavy (non-hydrogen) atoms. The summed E-state index contributed by atoms with van der Waals surface area (Å²) in [7, 11) is 0. The van der Waals surface area contributed by atoms with E-state index < -0.39 is 17.6 Å². The first kappa shape index (κ1) is 22.8. The van der Waals surface area contributed by atoms with Gasteiger partial charge in [-0.2, -0.15) is 0 Å². The molecule has 0 N–H and O–H groups in total. The topological polar surface area (TPSA) is 70.2 Å². The highest BCUT2D eigenvalue weighted by Crippen LogP contribution is 2.35. The van der Waals surface area contributed by atoms with E-state index >= 15 is 0 Å². The zero-order valence-corrected chi connectivity index (χ0v) is 19.4. The van der Waals surface area contributed by atoms with Crippen molar-refractivity contribution < 1.29 is 22.7 Å². The Balaban J connectivity index is 1.58. The van der Waals surface area contributed by atoms with E-state index in [0.717, 1.165) is 17.0 Å². The molecule has 5 rings (SSSR count). The zero-order chi connectivity index (χ0) is 24.4. The summed E-state index contributed by atoms with van der Waals surface area (Å²) in [5.74, 6) is -1.19. The van der Waals surface area contributed by atoms with Gasteiger partial charge < -0.3 is 9.15 Å². The number of para-hydroxylation sites is 1. The van der Waals surface area contributed by atoms with E-state index in [4.69, 9.17) is 9.15 Å². The maximum atomic E-state index is 14.9. The Hall–Kier alpha value is -3.98. The van der Waals surface area contributed by atoms with Crippen LogP contribution in [0.15, 0.2) is 82.4 Å². The number of benzene rings is 3. The minimum atomic E-state index is -0.746. The first-order valence-corrected chi connectivity index (χ1v) is 11.8. The van der Waals surface area contributed by atoms with E-state index in [-0.39, 0.29) is 23.8 Å². The van der Waals surface area contributed by atoms with E-state index in [1.165, 1.54) is 23.9 Å². The molecule has 3 aromatic carbocycles. The fourth-order valence-electron chi connectivity index (χ4n) is 3.76. The second-order valence-corrected chi connectivity index (χ2v) is 8.46. The van der Waals surface area contributed by atoms with Gasteiger partial charge >= 0.3 is 5.97 Å².